The predicted molar refractivity (Wildman–Crippen MR) is 150 cm³/mol. The van der Waals surface area contributed by atoms with E-state index in [-0.39, 0.29) is 10.8 Å². The topological polar surface area (TPSA) is 77.4 Å². The number of para-hydroxylation sites is 1. The molecule has 0 atom stereocenters. The fourth-order valence-electron chi connectivity index (χ4n) is 4.61. The first-order valence-corrected chi connectivity index (χ1v) is 13.8. The lowest BCUT2D eigenvalue weighted by Gasteiger charge is -2.13. The number of rotatable bonds is 8. The van der Waals surface area contributed by atoms with Gasteiger partial charge in [0.1, 0.15) is 5.75 Å². The molecule has 5 aromatic rings. The van der Waals surface area contributed by atoms with Gasteiger partial charge in [0, 0.05) is 29.3 Å². The van der Waals surface area contributed by atoms with Crippen LogP contribution in [0.1, 0.15) is 28.4 Å². The molecule has 4 aromatic carbocycles. The molecule has 0 aliphatic rings. The monoisotopic (exact) mass is 524 g/mol. The maximum atomic E-state index is 13.9. The molecule has 1 heterocycles. The van der Waals surface area contributed by atoms with Crippen molar-refractivity contribution in [2.24, 2.45) is 0 Å². The highest BCUT2D eigenvalue weighted by molar-refractivity contribution is 7.90. The summed E-state index contributed by atoms with van der Waals surface area (Å²) < 4.78 is 34.3. The molecule has 1 aromatic heterocycles. The van der Waals surface area contributed by atoms with Gasteiger partial charge < -0.3 is 10.1 Å². The summed E-state index contributed by atoms with van der Waals surface area (Å²) in [5.41, 5.74) is 4.41. The third kappa shape index (κ3) is 4.80. The largest absolute Gasteiger partial charge is 0.497 e. The second-order valence-corrected chi connectivity index (χ2v) is 10.7. The number of methoxy groups -OCH3 is 1. The van der Waals surface area contributed by atoms with Gasteiger partial charge in [-0.05, 0) is 59.5 Å². The number of hydrogen-bond acceptors (Lipinski definition) is 4. The molecular formula is C31H28N2O4S. The lowest BCUT2D eigenvalue weighted by Crippen LogP contribution is -2.24. The molecule has 0 saturated heterocycles. The van der Waals surface area contributed by atoms with Crippen LogP contribution in [-0.2, 0) is 23.0 Å². The average molecular weight is 525 g/mol. The Balaban J connectivity index is 1.48. The standard InChI is InChI=1S/C31H28N2O4S/c1-3-23-19-26(16-17-27(23)31(34)32-20-22-10-9-13-25(18-22)37-2)38(35,36)33-21-29(24-11-5-4-6-12-24)28-14-7-8-15-30(28)33/h4-19,21H,3,20H2,1-2H3,(H,32,34). The van der Waals surface area contributed by atoms with Crippen molar-refractivity contribution in [3.63, 3.8) is 0 Å². The Morgan fingerprint density at radius 1 is 0.895 bits per heavy atom. The van der Waals surface area contributed by atoms with E-state index in [1.165, 1.54) is 10.0 Å². The highest BCUT2D eigenvalue weighted by Gasteiger charge is 2.23. The summed E-state index contributed by atoms with van der Waals surface area (Å²) in [4.78, 5) is 13.2. The minimum absolute atomic E-state index is 0.138. The number of aromatic nitrogens is 1. The number of benzene rings is 4. The normalized spacial score (nSPS) is 11.4. The van der Waals surface area contributed by atoms with Crippen LogP contribution in [0.4, 0.5) is 0 Å². The number of fused-ring (bicyclic) bond motifs is 1. The zero-order valence-electron chi connectivity index (χ0n) is 21.2. The molecule has 0 aliphatic carbocycles. The first-order chi connectivity index (χ1) is 18.4. The Kier molecular flexibility index (Phi) is 7.03. The predicted octanol–water partition coefficient (Wildman–Crippen LogP) is 6.05. The van der Waals surface area contributed by atoms with Crippen molar-refractivity contribution in [2.75, 3.05) is 7.11 Å². The zero-order valence-corrected chi connectivity index (χ0v) is 22.0. The van der Waals surface area contributed by atoms with E-state index in [1.54, 1.807) is 31.5 Å². The van der Waals surface area contributed by atoms with E-state index >= 15 is 0 Å². The lowest BCUT2D eigenvalue weighted by molar-refractivity contribution is 0.0950. The van der Waals surface area contributed by atoms with Crippen molar-refractivity contribution < 1.29 is 17.9 Å². The second-order valence-electron chi connectivity index (χ2n) is 8.93. The highest BCUT2D eigenvalue weighted by Crippen LogP contribution is 2.33. The van der Waals surface area contributed by atoms with Crippen molar-refractivity contribution in [3.05, 3.63) is 120 Å². The molecule has 0 spiro atoms. The molecule has 0 unspecified atom stereocenters. The van der Waals surface area contributed by atoms with Crippen LogP contribution in [0.15, 0.2) is 108 Å². The summed E-state index contributed by atoms with van der Waals surface area (Å²) in [6, 6.07) is 29.4. The second kappa shape index (κ2) is 10.6. The van der Waals surface area contributed by atoms with Crippen molar-refractivity contribution in [3.8, 4) is 16.9 Å². The summed E-state index contributed by atoms with van der Waals surface area (Å²) in [6.45, 7) is 2.24. The average Bonchev–Trinajstić information content (AvgIpc) is 3.37. The van der Waals surface area contributed by atoms with Gasteiger partial charge in [-0.3, -0.25) is 4.79 Å². The number of carbonyl (C=O) groups excluding carboxylic acids is 1. The van der Waals surface area contributed by atoms with Gasteiger partial charge >= 0.3 is 0 Å². The third-order valence-electron chi connectivity index (χ3n) is 6.61. The van der Waals surface area contributed by atoms with Crippen molar-refractivity contribution in [2.45, 2.75) is 24.8 Å². The molecule has 192 valence electrons. The van der Waals surface area contributed by atoms with E-state index in [2.05, 4.69) is 5.32 Å². The molecule has 0 saturated carbocycles. The first-order valence-electron chi connectivity index (χ1n) is 12.4. The third-order valence-corrected chi connectivity index (χ3v) is 8.28. The van der Waals surface area contributed by atoms with Crippen molar-refractivity contribution in [1.82, 2.24) is 9.29 Å². The summed E-state index contributed by atoms with van der Waals surface area (Å²) >= 11 is 0. The molecule has 1 amide bonds. The molecule has 0 radical (unpaired) electrons. The number of aryl methyl sites for hydroxylation is 1. The lowest BCUT2D eigenvalue weighted by atomic mass is 10.0. The fourth-order valence-corrected chi connectivity index (χ4v) is 6.04. The first kappa shape index (κ1) is 25.3. The Bertz CT molecular complexity index is 1720. The van der Waals surface area contributed by atoms with E-state index in [0.717, 1.165) is 22.1 Å². The Hall–Kier alpha value is -4.36. The maximum absolute atomic E-state index is 13.9. The van der Waals surface area contributed by atoms with Crippen LogP contribution in [0.5, 0.6) is 5.75 Å². The van der Waals surface area contributed by atoms with Crippen LogP contribution in [0.3, 0.4) is 0 Å². The van der Waals surface area contributed by atoms with Gasteiger partial charge in [-0.1, -0.05) is 67.6 Å². The van der Waals surface area contributed by atoms with Crippen LogP contribution < -0.4 is 10.1 Å². The van der Waals surface area contributed by atoms with Crippen LogP contribution in [0.2, 0.25) is 0 Å². The van der Waals surface area contributed by atoms with Gasteiger partial charge in [0.2, 0.25) is 0 Å². The van der Waals surface area contributed by atoms with E-state index in [1.807, 2.05) is 79.7 Å². The molecule has 1 N–H and O–H groups in total. The SMILES string of the molecule is CCc1cc(S(=O)(=O)n2cc(-c3ccccc3)c3ccccc32)ccc1C(=O)NCc1cccc(OC)c1. The number of nitrogens with one attached hydrogen (secondary N) is 1. The van der Waals surface area contributed by atoms with Crippen molar-refractivity contribution in [1.29, 1.82) is 0 Å². The summed E-state index contributed by atoms with van der Waals surface area (Å²) in [5, 5.41) is 3.78. The highest BCUT2D eigenvalue weighted by atomic mass is 32.2. The number of amides is 1. The van der Waals surface area contributed by atoms with E-state index < -0.39 is 10.0 Å². The number of carbonyl (C=O) groups is 1. The minimum atomic E-state index is -3.92. The summed E-state index contributed by atoms with van der Waals surface area (Å²) in [6.07, 6.45) is 2.18. The molecule has 6 nitrogen and oxygen atoms in total. The zero-order chi connectivity index (χ0) is 26.7. The Morgan fingerprint density at radius 3 is 2.42 bits per heavy atom. The van der Waals surface area contributed by atoms with Gasteiger partial charge in [0.15, 0.2) is 0 Å². The van der Waals surface area contributed by atoms with Crippen LogP contribution in [0, 0.1) is 0 Å². The number of nitrogens with zero attached hydrogens (tertiary/aromatic N) is 1. The molecule has 38 heavy (non-hydrogen) atoms. The minimum Gasteiger partial charge on any atom is -0.497 e. The van der Waals surface area contributed by atoms with Crippen LogP contribution >= 0.6 is 0 Å². The van der Waals surface area contributed by atoms with Crippen molar-refractivity contribution >= 4 is 26.8 Å². The summed E-state index contributed by atoms with van der Waals surface area (Å²) in [5.74, 6) is 0.458. The van der Waals surface area contributed by atoms with Gasteiger partial charge in [-0.15, -0.1) is 0 Å². The van der Waals surface area contributed by atoms with Crippen LogP contribution in [0.25, 0.3) is 22.0 Å². The van der Waals surface area contributed by atoms with E-state index in [9.17, 15) is 13.2 Å². The van der Waals surface area contributed by atoms with Gasteiger partial charge in [-0.25, -0.2) is 12.4 Å². The maximum Gasteiger partial charge on any atom is 0.268 e. The molecule has 0 fully saturated rings. The molecule has 5 rings (SSSR count). The Labute approximate surface area is 222 Å². The molecule has 7 heteroatoms. The van der Waals surface area contributed by atoms with Gasteiger partial charge in [0.05, 0.1) is 17.5 Å². The smallest absolute Gasteiger partial charge is 0.268 e. The fraction of sp³-hybridized carbons (Fsp3) is 0.129. The van der Waals surface area contributed by atoms with Gasteiger partial charge in [-0.2, -0.15) is 0 Å². The number of ether oxygens (including phenoxy) is 1. The van der Waals surface area contributed by atoms with E-state index in [4.69, 9.17) is 4.74 Å². The van der Waals surface area contributed by atoms with Gasteiger partial charge in [0.25, 0.3) is 15.9 Å². The molecule has 0 bridgehead atoms. The number of hydrogen-bond donors (Lipinski definition) is 1. The quantitative estimate of drug-likeness (QED) is 0.268. The molecular weight excluding hydrogens is 496 g/mol. The van der Waals surface area contributed by atoms with Crippen LogP contribution in [-0.4, -0.2) is 25.4 Å². The Morgan fingerprint density at radius 2 is 1.66 bits per heavy atom. The summed E-state index contributed by atoms with van der Waals surface area (Å²) in [7, 11) is -2.32. The van der Waals surface area contributed by atoms with E-state index in [0.29, 0.717) is 35.4 Å². The molecule has 0 aliphatic heterocycles.